The summed E-state index contributed by atoms with van der Waals surface area (Å²) in [6.07, 6.45) is 1.64. The Morgan fingerprint density at radius 2 is 1.83 bits per heavy atom. The monoisotopic (exact) mass is 481 g/mol. The molecule has 0 unspecified atom stereocenters. The molecule has 2 aromatic heterocycles. The summed E-state index contributed by atoms with van der Waals surface area (Å²) in [6.45, 7) is 0.242. The minimum atomic E-state index is -1.13. The molecule has 4 heterocycles. The van der Waals surface area contributed by atoms with Gasteiger partial charge in [-0.25, -0.2) is 15.0 Å². The van der Waals surface area contributed by atoms with Crippen molar-refractivity contribution in [3.63, 3.8) is 0 Å². The standard InChI is InChI=1S/C27H17F2N5O2/c28-23-12-18(6-8-32-23)21-13-20-24(25(29)33-21)36-22-5-4-17(16-3-1-2-15(10-16)14-30)11-19(22)27(20)7-9-35-26(31)34-27/h1-6,8,10-13H,7,9H2,(H2,31,34)/t27-/m0/s1. The Morgan fingerprint density at radius 3 is 2.64 bits per heavy atom. The van der Waals surface area contributed by atoms with Crippen LogP contribution < -0.4 is 10.5 Å². The highest BCUT2D eigenvalue weighted by Gasteiger charge is 2.46. The van der Waals surface area contributed by atoms with Crippen molar-refractivity contribution in [3.8, 4) is 40.0 Å². The molecular weight excluding hydrogens is 464 g/mol. The first-order valence-electron chi connectivity index (χ1n) is 11.1. The van der Waals surface area contributed by atoms with Crippen molar-refractivity contribution in [2.24, 2.45) is 10.7 Å². The van der Waals surface area contributed by atoms with Crippen molar-refractivity contribution >= 4 is 6.02 Å². The zero-order valence-corrected chi connectivity index (χ0v) is 18.7. The number of benzene rings is 2. The Labute approximate surface area is 204 Å². The molecule has 2 aliphatic heterocycles. The van der Waals surface area contributed by atoms with Crippen LogP contribution in [0.5, 0.6) is 11.5 Å². The molecular formula is C27H17F2N5O2. The van der Waals surface area contributed by atoms with E-state index in [1.165, 1.54) is 12.3 Å². The molecule has 0 radical (unpaired) electrons. The Hall–Kier alpha value is -4.84. The highest BCUT2D eigenvalue weighted by Crippen LogP contribution is 2.53. The molecule has 0 bridgehead atoms. The molecule has 1 atom stereocenters. The van der Waals surface area contributed by atoms with Crippen LogP contribution in [0.25, 0.3) is 22.4 Å². The first kappa shape index (κ1) is 21.7. The van der Waals surface area contributed by atoms with E-state index in [4.69, 9.17) is 15.2 Å². The number of fused-ring (bicyclic) bond motifs is 4. The summed E-state index contributed by atoms with van der Waals surface area (Å²) in [5.74, 6) is -1.22. The molecule has 9 heteroatoms. The predicted molar refractivity (Wildman–Crippen MR) is 127 cm³/mol. The molecule has 0 fully saturated rings. The number of nitriles is 1. The van der Waals surface area contributed by atoms with Crippen LogP contribution in [-0.4, -0.2) is 22.6 Å². The third-order valence-corrected chi connectivity index (χ3v) is 6.38. The van der Waals surface area contributed by atoms with Crippen LogP contribution in [0.15, 0.2) is 71.9 Å². The van der Waals surface area contributed by atoms with E-state index in [2.05, 4.69) is 21.0 Å². The average molecular weight is 481 g/mol. The number of nitrogens with zero attached hydrogens (tertiary/aromatic N) is 4. The molecule has 0 saturated heterocycles. The van der Waals surface area contributed by atoms with E-state index in [0.29, 0.717) is 34.4 Å². The molecule has 2 aromatic carbocycles. The number of halogens is 2. The molecule has 0 saturated carbocycles. The second kappa shape index (κ2) is 8.13. The van der Waals surface area contributed by atoms with Crippen molar-refractivity contribution in [1.29, 1.82) is 5.26 Å². The summed E-state index contributed by atoms with van der Waals surface area (Å²) in [5.41, 5.74) is 8.72. The number of amidine groups is 1. The number of rotatable bonds is 2. The van der Waals surface area contributed by atoms with Crippen LogP contribution in [0.4, 0.5) is 8.78 Å². The van der Waals surface area contributed by atoms with E-state index in [1.54, 1.807) is 36.4 Å². The molecule has 6 rings (SSSR count). The normalized spacial score (nSPS) is 17.8. The molecule has 1 spiro atoms. The van der Waals surface area contributed by atoms with Crippen LogP contribution in [0.3, 0.4) is 0 Å². The average Bonchev–Trinajstić information content (AvgIpc) is 2.89. The second-order valence-electron chi connectivity index (χ2n) is 8.46. The van der Waals surface area contributed by atoms with Crippen LogP contribution in [0, 0.1) is 23.2 Å². The summed E-state index contributed by atoms with van der Waals surface area (Å²) >= 11 is 0. The molecule has 7 nitrogen and oxygen atoms in total. The van der Waals surface area contributed by atoms with E-state index < -0.39 is 17.4 Å². The lowest BCUT2D eigenvalue weighted by Crippen LogP contribution is -2.39. The maximum Gasteiger partial charge on any atom is 0.283 e. The number of aromatic nitrogens is 2. The molecule has 36 heavy (non-hydrogen) atoms. The van der Waals surface area contributed by atoms with Crippen molar-refractivity contribution in [2.45, 2.75) is 12.0 Å². The van der Waals surface area contributed by atoms with Crippen LogP contribution in [-0.2, 0) is 10.3 Å². The molecule has 176 valence electrons. The fraction of sp³-hybridized carbons (Fsp3) is 0.111. The minimum Gasteiger partial charge on any atom is -0.465 e. The van der Waals surface area contributed by atoms with Gasteiger partial charge in [0.25, 0.3) is 12.0 Å². The van der Waals surface area contributed by atoms with E-state index in [0.717, 1.165) is 11.1 Å². The lowest BCUT2D eigenvalue weighted by Gasteiger charge is -2.39. The largest absolute Gasteiger partial charge is 0.465 e. The van der Waals surface area contributed by atoms with Gasteiger partial charge in [-0.3, -0.25) is 0 Å². The quantitative estimate of drug-likeness (QED) is 0.402. The van der Waals surface area contributed by atoms with Gasteiger partial charge in [0.2, 0.25) is 5.95 Å². The number of pyridine rings is 2. The van der Waals surface area contributed by atoms with E-state index in [9.17, 15) is 9.65 Å². The molecule has 2 N–H and O–H groups in total. The van der Waals surface area contributed by atoms with E-state index >= 15 is 4.39 Å². The highest BCUT2D eigenvalue weighted by molar-refractivity contribution is 5.77. The van der Waals surface area contributed by atoms with Gasteiger partial charge >= 0.3 is 0 Å². The number of ether oxygens (including phenoxy) is 2. The van der Waals surface area contributed by atoms with Crippen molar-refractivity contribution in [1.82, 2.24) is 9.97 Å². The number of hydrogen-bond donors (Lipinski definition) is 1. The van der Waals surface area contributed by atoms with Gasteiger partial charge < -0.3 is 15.2 Å². The molecule has 0 aliphatic carbocycles. The van der Waals surface area contributed by atoms with Gasteiger partial charge in [-0.1, -0.05) is 18.2 Å². The lowest BCUT2D eigenvalue weighted by atomic mass is 9.77. The number of nitrogens with two attached hydrogens (primary N) is 1. The number of aliphatic imine (C=N–C) groups is 1. The number of hydrogen-bond acceptors (Lipinski definition) is 7. The highest BCUT2D eigenvalue weighted by atomic mass is 19.1. The Morgan fingerprint density at radius 1 is 0.972 bits per heavy atom. The fourth-order valence-electron chi connectivity index (χ4n) is 4.73. The van der Waals surface area contributed by atoms with Gasteiger partial charge in [-0.05, 0) is 47.5 Å². The van der Waals surface area contributed by atoms with E-state index in [-0.39, 0.29) is 24.1 Å². The molecule has 2 aliphatic rings. The maximum absolute atomic E-state index is 15.4. The van der Waals surface area contributed by atoms with Gasteiger partial charge in [-0.15, -0.1) is 0 Å². The Kier molecular flexibility index (Phi) is 4.90. The third kappa shape index (κ3) is 3.43. The van der Waals surface area contributed by atoms with Gasteiger partial charge in [0.15, 0.2) is 5.75 Å². The summed E-state index contributed by atoms with van der Waals surface area (Å²) in [6, 6.07) is 19.2. The zero-order valence-electron chi connectivity index (χ0n) is 18.7. The Balaban J connectivity index is 1.59. The second-order valence-corrected chi connectivity index (χ2v) is 8.46. The molecule has 0 amide bonds. The predicted octanol–water partition coefficient (Wildman–Crippen LogP) is 5.04. The van der Waals surface area contributed by atoms with Crippen molar-refractivity contribution in [2.75, 3.05) is 6.61 Å². The lowest BCUT2D eigenvalue weighted by molar-refractivity contribution is 0.217. The van der Waals surface area contributed by atoms with Gasteiger partial charge in [0.05, 0.1) is 23.9 Å². The topological polar surface area (TPSA) is 106 Å². The maximum atomic E-state index is 15.4. The smallest absolute Gasteiger partial charge is 0.283 e. The summed E-state index contributed by atoms with van der Waals surface area (Å²) in [4.78, 5) is 12.3. The SMILES string of the molecule is N#Cc1cccc(-c2ccc3c(c2)[C@@]2(CCOC(N)=N2)c2cc(-c4ccnc(F)c4)nc(F)c2O3)c1. The Bertz CT molecular complexity index is 1610. The van der Waals surface area contributed by atoms with Crippen LogP contribution in [0.1, 0.15) is 23.1 Å². The summed E-state index contributed by atoms with van der Waals surface area (Å²) in [7, 11) is 0. The van der Waals surface area contributed by atoms with Gasteiger partial charge in [-0.2, -0.15) is 14.0 Å². The fourth-order valence-corrected chi connectivity index (χ4v) is 4.73. The van der Waals surface area contributed by atoms with Crippen molar-refractivity contribution < 1.29 is 18.3 Å². The van der Waals surface area contributed by atoms with Gasteiger partial charge in [0, 0.05) is 35.4 Å². The third-order valence-electron chi connectivity index (χ3n) is 6.38. The minimum absolute atomic E-state index is 0.0364. The van der Waals surface area contributed by atoms with Crippen molar-refractivity contribution in [3.05, 3.63) is 95.4 Å². The summed E-state index contributed by atoms with van der Waals surface area (Å²) < 4.78 is 40.6. The van der Waals surface area contributed by atoms with E-state index in [1.807, 2.05) is 18.2 Å². The first-order chi connectivity index (χ1) is 17.5. The first-order valence-corrected chi connectivity index (χ1v) is 11.1. The van der Waals surface area contributed by atoms with Crippen LogP contribution >= 0.6 is 0 Å². The zero-order chi connectivity index (χ0) is 24.9. The van der Waals surface area contributed by atoms with Crippen LogP contribution in [0.2, 0.25) is 0 Å². The van der Waals surface area contributed by atoms with Gasteiger partial charge in [0.1, 0.15) is 11.3 Å². The molecule has 4 aromatic rings. The summed E-state index contributed by atoms with van der Waals surface area (Å²) in [5, 5.41) is 9.32.